The Hall–Kier alpha value is -0.390. The van der Waals surface area contributed by atoms with Crippen LogP contribution in [0, 0.1) is 0 Å². The van der Waals surface area contributed by atoms with Crippen LogP contribution in [0.4, 0.5) is 0 Å². The molecule has 0 bridgehead atoms. The van der Waals surface area contributed by atoms with E-state index in [1.807, 2.05) is 4.68 Å². The van der Waals surface area contributed by atoms with Gasteiger partial charge in [-0.3, -0.25) is 9.58 Å². The highest BCUT2D eigenvalue weighted by Gasteiger charge is 2.38. The predicted octanol–water partition coefficient (Wildman–Crippen LogP) is 3.74. The SMILES string of the molecule is CCCn1ncc(Br)c1C(O)C(C)(C)N1CCCCCC1. The van der Waals surface area contributed by atoms with Gasteiger partial charge < -0.3 is 5.11 Å². The second kappa shape index (κ2) is 7.25. The number of hydrogen-bond donors (Lipinski definition) is 1. The number of aliphatic hydroxyl groups is 1. The van der Waals surface area contributed by atoms with Gasteiger partial charge in [-0.15, -0.1) is 0 Å². The van der Waals surface area contributed by atoms with Crippen molar-refractivity contribution < 1.29 is 5.11 Å². The van der Waals surface area contributed by atoms with Crippen LogP contribution in [0.25, 0.3) is 0 Å². The Morgan fingerprint density at radius 1 is 1.29 bits per heavy atom. The van der Waals surface area contributed by atoms with E-state index in [1.165, 1.54) is 25.7 Å². The van der Waals surface area contributed by atoms with Crippen molar-refractivity contribution in [3.63, 3.8) is 0 Å². The fourth-order valence-corrected chi connectivity index (χ4v) is 3.70. The van der Waals surface area contributed by atoms with Crippen molar-refractivity contribution in [1.29, 1.82) is 0 Å². The molecule has 0 radical (unpaired) electrons. The van der Waals surface area contributed by atoms with E-state index in [2.05, 4.69) is 46.7 Å². The van der Waals surface area contributed by atoms with Gasteiger partial charge >= 0.3 is 0 Å². The van der Waals surface area contributed by atoms with Gasteiger partial charge in [-0.1, -0.05) is 19.8 Å². The fraction of sp³-hybridized carbons (Fsp3) is 0.812. The summed E-state index contributed by atoms with van der Waals surface area (Å²) >= 11 is 3.56. The Morgan fingerprint density at radius 3 is 2.48 bits per heavy atom. The van der Waals surface area contributed by atoms with Gasteiger partial charge in [0.1, 0.15) is 6.10 Å². The lowest BCUT2D eigenvalue weighted by Crippen LogP contribution is -2.49. The molecular formula is C16H28BrN3O. The van der Waals surface area contributed by atoms with E-state index in [9.17, 15) is 5.11 Å². The van der Waals surface area contributed by atoms with Crippen LogP contribution in [0.2, 0.25) is 0 Å². The minimum Gasteiger partial charge on any atom is -0.385 e. The van der Waals surface area contributed by atoms with Gasteiger partial charge in [-0.2, -0.15) is 5.10 Å². The van der Waals surface area contributed by atoms with Gasteiger partial charge in [0.05, 0.1) is 16.4 Å². The number of aromatic nitrogens is 2. The molecule has 5 heteroatoms. The number of hydrogen-bond acceptors (Lipinski definition) is 3. The molecule has 1 saturated heterocycles. The summed E-state index contributed by atoms with van der Waals surface area (Å²) in [6.07, 6.45) is 7.33. The smallest absolute Gasteiger partial charge is 0.114 e. The Kier molecular flexibility index (Phi) is 5.86. The van der Waals surface area contributed by atoms with Crippen LogP contribution >= 0.6 is 15.9 Å². The summed E-state index contributed by atoms with van der Waals surface area (Å²) in [6.45, 7) is 9.42. The number of halogens is 1. The highest BCUT2D eigenvalue weighted by Crippen LogP contribution is 2.36. The molecule has 120 valence electrons. The predicted molar refractivity (Wildman–Crippen MR) is 89.3 cm³/mol. The summed E-state index contributed by atoms with van der Waals surface area (Å²) in [4.78, 5) is 2.44. The molecule has 0 aliphatic carbocycles. The zero-order valence-electron chi connectivity index (χ0n) is 13.5. The van der Waals surface area contributed by atoms with E-state index >= 15 is 0 Å². The molecule has 1 fully saturated rings. The molecule has 1 aliphatic rings. The van der Waals surface area contributed by atoms with Gasteiger partial charge in [-0.05, 0) is 62.1 Å². The van der Waals surface area contributed by atoms with Crippen LogP contribution in [0.1, 0.15) is 64.7 Å². The van der Waals surface area contributed by atoms with Gasteiger partial charge in [0, 0.05) is 12.1 Å². The fourth-order valence-electron chi connectivity index (χ4n) is 3.19. The minimum absolute atomic E-state index is 0.279. The molecule has 0 aromatic carbocycles. The highest BCUT2D eigenvalue weighted by atomic mass is 79.9. The van der Waals surface area contributed by atoms with E-state index in [-0.39, 0.29) is 5.54 Å². The normalized spacial score (nSPS) is 19.5. The number of likely N-dealkylation sites (tertiary alicyclic amines) is 1. The second-order valence-corrected chi connectivity index (χ2v) is 7.41. The Labute approximate surface area is 136 Å². The molecule has 2 heterocycles. The van der Waals surface area contributed by atoms with Crippen molar-refractivity contribution >= 4 is 15.9 Å². The van der Waals surface area contributed by atoms with E-state index < -0.39 is 6.10 Å². The van der Waals surface area contributed by atoms with Crippen LogP contribution in [-0.2, 0) is 6.54 Å². The van der Waals surface area contributed by atoms with Gasteiger partial charge in [-0.25, -0.2) is 0 Å². The third kappa shape index (κ3) is 3.69. The maximum absolute atomic E-state index is 11.0. The van der Waals surface area contributed by atoms with Crippen molar-refractivity contribution in [2.24, 2.45) is 0 Å². The van der Waals surface area contributed by atoms with Crippen molar-refractivity contribution in [1.82, 2.24) is 14.7 Å². The van der Waals surface area contributed by atoms with Gasteiger partial charge in [0.2, 0.25) is 0 Å². The highest BCUT2D eigenvalue weighted by molar-refractivity contribution is 9.10. The van der Waals surface area contributed by atoms with Crippen LogP contribution in [0.3, 0.4) is 0 Å². The summed E-state index contributed by atoms with van der Waals surface area (Å²) in [5.74, 6) is 0. The van der Waals surface area contributed by atoms with Crippen molar-refractivity contribution in [3.05, 3.63) is 16.4 Å². The monoisotopic (exact) mass is 357 g/mol. The zero-order valence-corrected chi connectivity index (χ0v) is 15.1. The molecule has 0 amide bonds. The third-order valence-electron chi connectivity index (χ3n) is 4.62. The molecule has 1 unspecified atom stereocenters. The molecular weight excluding hydrogens is 330 g/mol. The molecule has 2 rings (SSSR count). The Balaban J connectivity index is 2.24. The van der Waals surface area contributed by atoms with Gasteiger partial charge in [0.25, 0.3) is 0 Å². The quantitative estimate of drug-likeness (QED) is 0.872. The summed E-state index contributed by atoms with van der Waals surface area (Å²) < 4.78 is 2.85. The number of rotatable bonds is 5. The van der Waals surface area contributed by atoms with Crippen LogP contribution in [0.15, 0.2) is 10.7 Å². The molecule has 0 spiro atoms. The van der Waals surface area contributed by atoms with E-state index in [0.29, 0.717) is 0 Å². The lowest BCUT2D eigenvalue weighted by atomic mass is 9.92. The van der Waals surface area contributed by atoms with Crippen LogP contribution < -0.4 is 0 Å². The van der Waals surface area contributed by atoms with E-state index in [4.69, 9.17) is 0 Å². The van der Waals surface area contributed by atoms with E-state index in [1.54, 1.807) is 6.20 Å². The first-order valence-corrected chi connectivity index (χ1v) is 8.92. The number of aryl methyl sites for hydroxylation is 1. The topological polar surface area (TPSA) is 41.3 Å². The summed E-state index contributed by atoms with van der Waals surface area (Å²) in [5.41, 5.74) is 0.629. The molecule has 4 nitrogen and oxygen atoms in total. The van der Waals surface area contributed by atoms with Crippen LogP contribution in [-0.4, -0.2) is 38.4 Å². The largest absolute Gasteiger partial charge is 0.385 e. The van der Waals surface area contributed by atoms with Crippen molar-refractivity contribution in [2.45, 2.75) is 71.1 Å². The summed E-state index contributed by atoms with van der Waals surface area (Å²) in [5, 5.41) is 15.4. The van der Waals surface area contributed by atoms with E-state index in [0.717, 1.165) is 36.2 Å². The maximum Gasteiger partial charge on any atom is 0.114 e. The molecule has 1 aromatic rings. The van der Waals surface area contributed by atoms with Crippen molar-refractivity contribution in [2.75, 3.05) is 13.1 Å². The molecule has 21 heavy (non-hydrogen) atoms. The first kappa shape index (κ1) is 17.0. The lowest BCUT2D eigenvalue weighted by molar-refractivity contribution is -0.0152. The Bertz CT molecular complexity index is 450. The first-order chi connectivity index (χ1) is 9.98. The number of nitrogens with zero attached hydrogens (tertiary/aromatic N) is 3. The minimum atomic E-state index is -0.543. The lowest BCUT2D eigenvalue weighted by Gasteiger charge is -2.41. The average molecular weight is 358 g/mol. The van der Waals surface area contributed by atoms with Crippen LogP contribution in [0.5, 0.6) is 0 Å². The maximum atomic E-state index is 11.0. The summed E-state index contributed by atoms with van der Waals surface area (Å²) in [7, 11) is 0. The molecule has 1 aromatic heterocycles. The molecule has 1 atom stereocenters. The Morgan fingerprint density at radius 2 is 1.90 bits per heavy atom. The molecule has 1 aliphatic heterocycles. The summed E-state index contributed by atoms with van der Waals surface area (Å²) in [6, 6.07) is 0. The average Bonchev–Trinajstić information content (AvgIpc) is 2.68. The standard InChI is InChI=1S/C16H28BrN3O/c1-4-9-20-14(13(17)12-18-20)15(21)16(2,3)19-10-7-5-6-8-11-19/h12,15,21H,4-11H2,1-3H3. The van der Waals surface area contributed by atoms with Crippen molar-refractivity contribution in [3.8, 4) is 0 Å². The molecule has 0 saturated carbocycles. The number of aliphatic hydroxyl groups excluding tert-OH is 1. The third-order valence-corrected chi connectivity index (χ3v) is 5.23. The second-order valence-electron chi connectivity index (χ2n) is 6.56. The zero-order chi connectivity index (χ0) is 15.5. The molecule has 1 N–H and O–H groups in total. The van der Waals surface area contributed by atoms with Gasteiger partial charge in [0.15, 0.2) is 0 Å². The first-order valence-electron chi connectivity index (χ1n) is 8.12.